The summed E-state index contributed by atoms with van der Waals surface area (Å²) in [5.41, 5.74) is 6.68. The fourth-order valence-electron chi connectivity index (χ4n) is 5.13. The van der Waals surface area contributed by atoms with E-state index in [2.05, 4.69) is 59.7 Å². The van der Waals surface area contributed by atoms with Gasteiger partial charge in [0.25, 0.3) is 0 Å². The van der Waals surface area contributed by atoms with Gasteiger partial charge in [-0.25, -0.2) is 0 Å². The predicted molar refractivity (Wildman–Crippen MR) is 141 cm³/mol. The number of benzene rings is 3. The van der Waals surface area contributed by atoms with E-state index in [1.54, 1.807) is 4.80 Å². The van der Waals surface area contributed by atoms with E-state index in [9.17, 15) is 5.11 Å². The van der Waals surface area contributed by atoms with Gasteiger partial charge in [0.2, 0.25) is 0 Å². The highest BCUT2D eigenvalue weighted by atomic mass is 35.5. The fourth-order valence-corrected chi connectivity index (χ4v) is 5.29. The Labute approximate surface area is 207 Å². The minimum atomic E-state index is -0.0487. The predicted octanol–water partition coefficient (Wildman–Crippen LogP) is 7.95. The molecule has 0 bridgehead atoms. The van der Waals surface area contributed by atoms with Gasteiger partial charge in [-0.2, -0.15) is 4.80 Å². The second kappa shape index (κ2) is 8.74. The number of rotatable bonds is 5. The number of hydrogen-bond donors (Lipinski definition) is 1. The van der Waals surface area contributed by atoms with Crippen molar-refractivity contribution in [2.24, 2.45) is 5.41 Å². The monoisotopic (exact) mass is 475 g/mol. The van der Waals surface area contributed by atoms with Crippen LogP contribution >= 0.6 is 11.6 Å². The zero-order chi connectivity index (χ0) is 24.8. The molecule has 4 nitrogen and oxygen atoms in total. The highest BCUT2D eigenvalue weighted by Gasteiger charge is 2.29. The fraction of sp³-hybridized carbons (Fsp3) is 0.379. The summed E-state index contributed by atoms with van der Waals surface area (Å²) in [6, 6.07) is 18.1. The maximum Gasteiger partial charge on any atom is 0.122 e. The number of phenolic OH excluding ortho intramolecular Hbond substituents is 1. The molecule has 1 atom stereocenters. The summed E-state index contributed by atoms with van der Waals surface area (Å²) in [4.78, 5) is 1.72. The van der Waals surface area contributed by atoms with Crippen molar-refractivity contribution in [3.05, 3.63) is 81.9 Å². The minimum absolute atomic E-state index is 0.0316. The van der Waals surface area contributed by atoms with Gasteiger partial charge in [-0.1, -0.05) is 83.5 Å². The van der Waals surface area contributed by atoms with E-state index < -0.39 is 0 Å². The van der Waals surface area contributed by atoms with E-state index in [-0.39, 0.29) is 16.7 Å². The van der Waals surface area contributed by atoms with Crippen molar-refractivity contribution < 1.29 is 5.11 Å². The van der Waals surface area contributed by atoms with E-state index in [0.29, 0.717) is 10.8 Å². The Morgan fingerprint density at radius 2 is 1.62 bits per heavy atom. The third-order valence-electron chi connectivity index (χ3n) is 6.54. The molecule has 1 heterocycles. The molecular formula is C29H34ClN3O. The summed E-state index contributed by atoms with van der Waals surface area (Å²) in [5, 5.41) is 21.0. The third kappa shape index (κ3) is 4.83. The number of halogens is 1. The Morgan fingerprint density at radius 1 is 0.912 bits per heavy atom. The molecule has 5 heteroatoms. The van der Waals surface area contributed by atoms with Crippen LogP contribution in [0.4, 0.5) is 0 Å². The van der Waals surface area contributed by atoms with Crippen molar-refractivity contribution in [3.63, 3.8) is 0 Å². The van der Waals surface area contributed by atoms with Crippen LogP contribution in [0.1, 0.15) is 76.1 Å². The highest BCUT2D eigenvalue weighted by molar-refractivity contribution is 6.31. The third-order valence-corrected chi connectivity index (χ3v) is 6.78. The van der Waals surface area contributed by atoms with E-state index in [4.69, 9.17) is 21.8 Å². The van der Waals surface area contributed by atoms with Crippen molar-refractivity contribution in [3.8, 4) is 11.4 Å². The molecule has 0 aliphatic heterocycles. The van der Waals surface area contributed by atoms with Crippen molar-refractivity contribution in [1.29, 1.82) is 0 Å². The van der Waals surface area contributed by atoms with E-state index in [1.807, 2.05) is 43.3 Å². The van der Waals surface area contributed by atoms with Crippen LogP contribution in [0.5, 0.6) is 5.75 Å². The molecule has 1 aromatic heterocycles. The average Bonchev–Trinajstić information content (AvgIpc) is 3.16. The average molecular weight is 476 g/mol. The molecule has 0 aliphatic carbocycles. The SMILES string of the molecule is Cc1cccc(C(C)c2ccc(C(C)(C)CC(C)(C)C)cc2-n2nc3ccc(Cl)cc3n2)c1O. The number of hydrogen-bond acceptors (Lipinski definition) is 3. The Kier molecular flexibility index (Phi) is 6.24. The molecule has 0 spiro atoms. The van der Waals surface area contributed by atoms with E-state index >= 15 is 0 Å². The first-order chi connectivity index (χ1) is 15.9. The largest absolute Gasteiger partial charge is 0.507 e. The van der Waals surface area contributed by atoms with Crippen molar-refractivity contribution in [1.82, 2.24) is 15.0 Å². The maximum absolute atomic E-state index is 10.8. The van der Waals surface area contributed by atoms with Crippen LogP contribution in [0, 0.1) is 12.3 Å². The summed E-state index contributed by atoms with van der Waals surface area (Å²) in [6.07, 6.45) is 1.04. The van der Waals surface area contributed by atoms with E-state index in [0.717, 1.165) is 39.8 Å². The zero-order valence-electron chi connectivity index (χ0n) is 21.1. The normalized spacial score (nSPS) is 13.4. The standard InChI is InChI=1S/C29H34ClN3O/c1-18-9-8-10-23(27(18)34)19(2)22-13-11-20(29(6,7)17-28(3,4)5)15-26(22)33-31-24-14-12-21(30)16-25(24)32-33/h8-16,19,34H,17H2,1-7H3. The molecule has 0 aliphatic rings. The lowest BCUT2D eigenvalue weighted by Crippen LogP contribution is -2.25. The molecule has 0 saturated heterocycles. The lowest BCUT2D eigenvalue weighted by molar-refractivity contribution is 0.284. The Morgan fingerprint density at radius 3 is 2.32 bits per heavy atom. The minimum Gasteiger partial charge on any atom is -0.507 e. The molecule has 0 amide bonds. The first-order valence-electron chi connectivity index (χ1n) is 11.8. The molecule has 0 saturated carbocycles. The zero-order valence-corrected chi connectivity index (χ0v) is 21.9. The summed E-state index contributed by atoms with van der Waals surface area (Å²) >= 11 is 6.21. The van der Waals surface area contributed by atoms with Crippen LogP contribution in [0.15, 0.2) is 54.6 Å². The van der Waals surface area contributed by atoms with Gasteiger partial charge >= 0.3 is 0 Å². The van der Waals surface area contributed by atoms with Crippen LogP contribution in [0.2, 0.25) is 5.02 Å². The second-order valence-electron chi connectivity index (χ2n) is 11.3. The van der Waals surface area contributed by atoms with Crippen molar-refractivity contribution in [2.45, 2.75) is 66.2 Å². The highest BCUT2D eigenvalue weighted by Crippen LogP contribution is 2.40. The number of aryl methyl sites for hydroxylation is 1. The van der Waals surface area contributed by atoms with Crippen LogP contribution in [-0.2, 0) is 5.41 Å². The van der Waals surface area contributed by atoms with Crippen molar-refractivity contribution in [2.75, 3.05) is 0 Å². The summed E-state index contributed by atoms with van der Waals surface area (Å²) in [5.74, 6) is 0.288. The molecule has 34 heavy (non-hydrogen) atoms. The maximum atomic E-state index is 10.8. The van der Waals surface area contributed by atoms with Gasteiger partial charge in [-0.15, -0.1) is 10.2 Å². The van der Waals surface area contributed by atoms with Crippen LogP contribution in [0.25, 0.3) is 16.7 Å². The van der Waals surface area contributed by atoms with Crippen LogP contribution in [0.3, 0.4) is 0 Å². The Hall–Kier alpha value is -2.85. The number of phenols is 1. The number of aromatic nitrogens is 3. The topological polar surface area (TPSA) is 50.9 Å². The molecule has 3 aromatic carbocycles. The van der Waals surface area contributed by atoms with Gasteiger partial charge in [-0.3, -0.25) is 0 Å². The van der Waals surface area contributed by atoms with Crippen LogP contribution < -0.4 is 0 Å². The molecule has 4 aromatic rings. The van der Waals surface area contributed by atoms with Crippen LogP contribution in [-0.4, -0.2) is 20.1 Å². The lowest BCUT2D eigenvalue weighted by atomic mass is 9.72. The number of nitrogens with zero attached hydrogens (tertiary/aromatic N) is 3. The summed E-state index contributed by atoms with van der Waals surface area (Å²) in [7, 11) is 0. The summed E-state index contributed by atoms with van der Waals surface area (Å²) in [6.45, 7) is 15.5. The summed E-state index contributed by atoms with van der Waals surface area (Å²) < 4.78 is 0. The van der Waals surface area contributed by atoms with Gasteiger partial charge in [0, 0.05) is 16.5 Å². The van der Waals surface area contributed by atoms with Gasteiger partial charge in [0.05, 0.1) is 5.69 Å². The molecule has 4 rings (SSSR count). The first kappa shape index (κ1) is 24.3. The molecule has 1 unspecified atom stereocenters. The van der Waals surface area contributed by atoms with Gasteiger partial charge < -0.3 is 5.11 Å². The quantitative estimate of drug-likeness (QED) is 0.318. The smallest absolute Gasteiger partial charge is 0.122 e. The Bertz CT molecular complexity index is 1350. The van der Waals surface area contributed by atoms with Gasteiger partial charge in [0.15, 0.2) is 0 Å². The molecule has 1 N–H and O–H groups in total. The number of aromatic hydroxyl groups is 1. The Balaban J connectivity index is 1.91. The second-order valence-corrected chi connectivity index (χ2v) is 11.7. The molecular weight excluding hydrogens is 442 g/mol. The van der Waals surface area contributed by atoms with Crippen molar-refractivity contribution >= 4 is 22.6 Å². The van der Waals surface area contributed by atoms with E-state index in [1.165, 1.54) is 5.56 Å². The van der Waals surface area contributed by atoms with Gasteiger partial charge in [-0.05, 0) is 65.1 Å². The number of para-hydroxylation sites is 1. The molecule has 178 valence electrons. The number of fused-ring (bicyclic) bond motifs is 1. The van der Waals surface area contributed by atoms with Gasteiger partial charge in [0.1, 0.15) is 16.8 Å². The lowest BCUT2D eigenvalue weighted by Gasteiger charge is -2.33. The molecule has 0 radical (unpaired) electrons. The first-order valence-corrected chi connectivity index (χ1v) is 12.2. The molecule has 0 fully saturated rings.